The van der Waals surface area contributed by atoms with Gasteiger partial charge in [-0.3, -0.25) is 19.0 Å². The molecule has 0 aliphatic heterocycles. The SMILES string of the molecule is COc1ccc(C)cc1NC(=O)Cn1c(-c2ccccc2)ncc(C(N)=O)c1=O. The van der Waals surface area contributed by atoms with E-state index >= 15 is 0 Å². The zero-order valence-electron chi connectivity index (χ0n) is 16.0. The van der Waals surface area contributed by atoms with Crippen LogP contribution in [0.5, 0.6) is 5.75 Å². The van der Waals surface area contributed by atoms with Gasteiger partial charge >= 0.3 is 0 Å². The largest absolute Gasteiger partial charge is 0.495 e. The first kappa shape index (κ1) is 19.8. The second kappa shape index (κ2) is 8.39. The van der Waals surface area contributed by atoms with E-state index in [1.807, 2.05) is 19.1 Å². The molecule has 29 heavy (non-hydrogen) atoms. The lowest BCUT2D eigenvalue weighted by atomic mass is 10.2. The van der Waals surface area contributed by atoms with Gasteiger partial charge in [-0.25, -0.2) is 4.98 Å². The number of aryl methyl sites for hydroxylation is 1. The van der Waals surface area contributed by atoms with Crippen molar-refractivity contribution in [3.63, 3.8) is 0 Å². The second-order valence-corrected chi connectivity index (χ2v) is 6.37. The summed E-state index contributed by atoms with van der Waals surface area (Å²) in [6.45, 7) is 1.53. The molecule has 0 spiro atoms. The van der Waals surface area contributed by atoms with Crippen molar-refractivity contribution in [1.82, 2.24) is 9.55 Å². The van der Waals surface area contributed by atoms with E-state index in [0.29, 0.717) is 17.0 Å². The molecule has 148 valence electrons. The van der Waals surface area contributed by atoms with Crippen LogP contribution in [0, 0.1) is 6.92 Å². The monoisotopic (exact) mass is 392 g/mol. The molecule has 0 saturated carbocycles. The van der Waals surface area contributed by atoms with Crippen LogP contribution in [0.1, 0.15) is 15.9 Å². The first-order valence-electron chi connectivity index (χ1n) is 8.80. The van der Waals surface area contributed by atoms with Crippen molar-refractivity contribution in [2.24, 2.45) is 5.73 Å². The number of ether oxygens (including phenoxy) is 1. The predicted molar refractivity (Wildman–Crippen MR) is 109 cm³/mol. The van der Waals surface area contributed by atoms with Gasteiger partial charge in [-0.1, -0.05) is 36.4 Å². The van der Waals surface area contributed by atoms with Crippen molar-refractivity contribution in [3.05, 3.63) is 76.2 Å². The lowest BCUT2D eigenvalue weighted by molar-refractivity contribution is -0.116. The molecule has 0 saturated heterocycles. The number of anilines is 1. The minimum atomic E-state index is -0.906. The molecule has 3 N–H and O–H groups in total. The summed E-state index contributed by atoms with van der Waals surface area (Å²) in [5.74, 6) is -0.635. The van der Waals surface area contributed by atoms with Crippen molar-refractivity contribution in [1.29, 1.82) is 0 Å². The van der Waals surface area contributed by atoms with Crippen LogP contribution in [-0.2, 0) is 11.3 Å². The highest BCUT2D eigenvalue weighted by Gasteiger charge is 2.18. The van der Waals surface area contributed by atoms with E-state index in [1.54, 1.807) is 36.4 Å². The quantitative estimate of drug-likeness (QED) is 0.665. The lowest BCUT2D eigenvalue weighted by Crippen LogP contribution is -2.34. The van der Waals surface area contributed by atoms with Crippen LogP contribution < -0.4 is 21.3 Å². The van der Waals surface area contributed by atoms with Crippen molar-refractivity contribution in [2.45, 2.75) is 13.5 Å². The molecular formula is C21H20N4O4. The highest BCUT2D eigenvalue weighted by atomic mass is 16.5. The molecule has 8 nitrogen and oxygen atoms in total. The summed E-state index contributed by atoms with van der Waals surface area (Å²) in [7, 11) is 1.50. The van der Waals surface area contributed by atoms with Gasteiger partial charge in [0.15, 0.2) is 0 Å². The third-order valence-electron chi connectivity index (χ3n) is 4.28. The topological polar surface area (TPSA) is 116 Å². The van der Waals surface area contributed by atoms with E-state index in [9.17, 15) is 14.4 Å². The van der Waals surface area contributed by atoms with Gasteiger partial charge in [-0.2, -0.15) is 0 Å². The number of primary amides is 1. The van der Waals surface area contributed by atoms with E-state index in [-0.39, 0.29) is 17.9 Å². The summed E-state index contributed by atoms with van der Waals surface area (Å²) in [5, 5.41) is 2.74. The number of nitrogens with one attached hydrogen (secondary N) is 1. The number of amides is 2. The number of methoxy groups -OCH3 is 1. The van der Waals surface area contributed by atoms with Gasteiger partial charge in [0, 0.05) is 11.8 Å². The molecule has 0 radical (unpaired) electrons. The van der Waals surface area contributed by atoms with Crippen LogP contribution >= 0.6 is 0 Å². The Morgan fingerprint density at radius 2 is 1.90 bits per heavy atom. The van der Waals surface area contributed by atoms with Gasteiger partial charge in [-0.15, -0.1) is 0 Å². The van der Waals surface area contributed by atoms with E-state index in [2.05, 4.69) is 10.3 Å². The normalized spacial score (nSPS) is 10.4. The maximum absolute atomic E-state index is 12.8. The van der Waals surface area contributed by atoms with Crippen LogP contribution in [0.4, 0.5) is 5.69 Å². The summed E-state index contributed by atoms with van der Waals surface area (Å²) in [6, 6.07) is 14.2. The average Bonchev–Trinajstić information content (AvgIpc) is 2.70. The van der Waals surface area contributed by atoms with Crippen LogP contribution in [0.25, 0.3) is 11.4 Å². The fraction of sp³-hybridized carbons (Fsp3) is 0.143. The number of hydrogen-bond acceptors (Lipinski definition) is 5. The zero-order valence-corrected chi connectivity index (χ0v) is 16.0. The van der Waals surface area contributed by atoms with Crippen LogP contribution in [0.15, 0.2) is 59.5 Å². The molecule has 0 unspecified atom stereocenters. The van der Waals surface area contributed by atoms with Crippen molar-refractivity contribution < 1.29 is 14.3 Å². The molecular weight excluding hydrogens is 372 g/mol. The standard InChI is InChI=1S/C21H20N4O4/c1-13-8-9-17(29-2)16(10-13)24-18(26)12-25-20(14-6-4-3-5-7-14)23-11-15(19(22)27)21(25)28/h3-11H,12H2,1-2H3,(H2,22,27)(H,24,26). The summed E-state index contributed by atoms with van der Waals surface area (Å²) in [4.78, 5) is 41.3. The highest BCUT2D eigenvalue weighted by molar-refractivity contribution is 5.94. The fourth-order valence-corrected chi connectivity index (χ4v) is 2.88. The third-order valence-corrected chi connectivity index (χ3v) is 4.28. The molecule has 0 atom stereocenters. The molecule has 0 bridgehead atoms. The number of aromatic nitrogens is 2. The Labute approximate surface area is 167 Å². The Bertz CT molecular complexity index is 1120. The molecule has 1 aromatic heterocycles. The number of carbonyl (C=O) groups excluding carboxylic acids is 2. The zero-order chi connectivity index (χ0) is 21.0. The Hall–Kier alpha value is -3.94. The Balaban J connectivity index is 2.00. The molecule has 0 aliphatic carbocycles. The first-order valence-corrected chi connectivity index (χ1v) is 8.80. The highest BCUT2D eigenvalue weighted by Crippen LogP contribution is 2.25. The predicted octanol–water partition coefficient (Wildman–Crippen LogP) is 1.96. The molecule has 2 amide bonds. The number of hydrogen-bond donors (Lipinski definition) is 2. The number of benzene rings is 2. The first-order chi connectivity index (χ1) is 13.9. The Morgan fingerprint density at radius 3 is 2.55 bits per heavy atom. The van der Waals surface area contributed by atoms with Crippen molar-refractivity contribution in [2.75, 3.05) is 12.4 Å². The summed E-state index contributed by atoms with van der Waals surface area (Å²) in [5.41, 5.74) is 6.34. The van der Waals surface area contributed by atoms with Crippen molar-refractivity contribution in [3.8, 4) is 17.1 Å². The summed E-state index contributed by atoms with van der Waals surface area (Å²) in [6.07, 6.45) is 1.13. The van der Waals surface area contributed by atoms with Crippen LogP contribution in [0.3, 0.4) is 0 Å². The maximum Gasteiger partial charge on any atom is 0.267 e. The summed E-state index contributed by atoms with van der Waals surface area (Å²) >= 11 is 0. The lowest BCUT2D eigenvalue weighted by Gasteiger charge is -2.15. The van der Waals surface area contributed by atoms with Gasteiger partial charge in [-0.05, 0) is 24.6 Å². The average molecular weight is 392 g/mol. The number of carbonyl (C=O) groups is 2. The van der Waals surface area contributed by atoms with Gasteiger partial charge in [0.2, 0.25) is 5.91 Å². The molecule has 3 rings (SSSR count). The third kappa shape index (κ3) is 4.32. The molecule has 3 aromatic rings. The Kier molecular flexibility index (Phi) is 5.73. The Morgan fingerprint density at radius 1 is 1.17 bits per heavy atom. The van der Waals surface area contributed by atoms with Gasteiger partial charge in [0.05, 0.1) is 12.8 Å². The molecule has 0 fully saturated rings. The molecule has 8 heteroatoms. The van der Waals surface area contributed by atoms with Gasteiger partial charge < -0.3 is 15.8 Å². The summed E-state index contributed by atoms with van der Waals surface area (Å²) < 4.78 is 6.39. The minimum Gasteiger partial charge on any atom is -0.495 e. The molecule has 2 aromatic carbocycles. The molecule has 0 aliphatic rings. The van der Waals surface area contributed by atoms with Crippen LogP contribution in [0.2, 0.25) is 0 Å². The fourth-order valence-electron chi connectivity index (χ4n) is 2.88. The van der Waals surface area contributed by atoms with Gasteiger partial charge in [0.1, 0.15) is 23.7 Å². The smallest absolute Gasteiger partial charge is 0.267 e. The van der Waals surface area contributed by atoms with E-state index in [1.165, 1.54) is 7.11 Å². The second-order valence-electron chi connectivity index (χ2n) is 6.37. The van der Waals surface area contributed by atoms with E-state index in [0.717, 1.165) is 16.3 Å². The maximum atomic E-state index is 12.8. The molecule has 1 heterocycles. The minimum absolute atomic E-state index is 0.256. The van der Waals surface area contributed by atoms with Crippen LogP contribution in [-0.4, -0.2) is 28.5 Å². The number of nitrogens with zero attached hydrogens (tertiary/aromatic N) is 2. The van der Waals surface area contributed by atoms with Crippen molar-refractivity contribution >= 4 is 17.5 Å². The number of rotatable bonds is 6. The number of nitrogens with two attached hydrogens (primary N) is 1. The van der Waals surface area contributed by atoms with Gasteiger partial charge in [0.25, 0.3) is 11.5 Å². The van der Waals surface area contributed by atoms with E-state index < -0.39 is 17.4 Å². The van der Waals surface area contributed by atoms with E-state index in [4.69, 9.17) is 10.5 Å².